The van der Waals surface area contributed by atoms with E-state index in [2.05, 4.69) is 43.3 Å². The van der Waals surface area contributed by atoms with E-state index in [4.69, 9.17) is 5.73 Å². The van der Waals surface area contributed by atoms with Gasteiger partial charge in [0.25, 0.3) is 0 Å². The van der Waals surface area contributed by atoms with Crippen LogP contribution in [-0.4, -0.2) is 36.8 Å². The highest BCUT2D eigenvalue weighted by atomic mass is 16.3. The molecule has 0 heterocycles. The van der Waals surface area contributed by atoms with E-state index in [1.54, 1.807) is 0 Å². The minimum atomic E-state index is -0.558. The summed E-state index contributed by atoms with van der Waals surface area (Å²) in [6, 6.07) is 12.6. The van der Waals surface area contributed by atoms with Gasteiger partial charge in [-0.25, -0.2) is 0 Å². The van der Waals surface area contributed by atoms with Crippen LogP contribution in [0, 0.1) is 6.92 Å². The van der Waals surface area contributed by atoms with Gasteiger partial charge in [0.05, 0.1) is 12.1 Å². The Kier molecular flexibility index (Phi) is 4.20. The van der Waals surface area contributed by atoms with Crippen molar-refractivity contribution in [3.8, 4) is 0 Å². The molecule has 0 saturated heterocycles. The van der Waals surface area contributed by atoms with Gasteiger partial charge in [-0.1, -0.05) is 35.9 Å². The quantitative estimate of drug-likeness (QED) is 0.882. The van der Waals surface area contributed by atoms with Crippen LogP contribution in [0.5, 0.6) is 0 Å². The molecule has 2 aromatic rings. The second kappa shape index (κ2) is 5.70. The lowest BCUT2D eigenvalue weighted by Gasteiger charge is -2.29. The van der Waals surface area contributed by atoms with Crippen LogP contribution in [0.1, 0.15) is 17.2 Å². The second-order valence-corrected chi connectivity index (χ2v) is 5.32. The normalized spacial score (nSPS) is 14.8. The molecule has 0 aliphatic heterocycles. The number of hydrogen-bond acceptors (Lipinski definition) is 3. The summed E-state index contributed by atoms with van der Waals surface area (Å²) in [4.78, 5) is 2.01. The maximum atomic E-state index is 10.1. The van der Waals surface area contributed by atoms with Gasteiger partial charge in [-0.05, 0) is 43.4 Å². The first-order valence-corrected chi connectivity index (χ1v) is 6.58. The molecule has 2 aromatic carbocycles. The number of benzene rings is 2. The van der Waals surface area contributed by atoms with Crippen molar-refractivity contribution in [3.63, 3.8) is 0 Å². The summed E-state index contributed by atoms with van der Waals surface area (Å²) in [6.45, 7) is 2.35. The Morgan fingerprint density at radius 1 is 1.11 bits per heavy atom. The van der Waals surface area contributed by atoms with Crippen molar-refractivity contribution in [2.24, 2.45) is 5.73 Å². The lowest BCUT2D eigenvalue weighted by molar-refractivity contribution is 0.0824. The summed E-state index contributed by atoms with van der Waals surface area (Å²) < 4.78 is 0. The van der Waals surface area contributed by atoms with Crippen molar-refractivity contribution >= 4 is 10.8 Å². The molecule has 3 N–H and O–H groups in total. The number of rotatable bonds is 4. The fourth-order valence-corrected chi connectivity index (χ4v) is 2.56. The van der Waals surface area contributed by atoms with E-state index < -0.39 is 6.10 Å². The molecule has 0 amide bonds. The van der Waals surface area contributed by atoms with Crippen molar-refractivity contribution in [3.05, 3.63) is 47.5 Å². The Morgan fingerprint density at radius 2 is 1.74 bits per heavy atom. The molecule has 0 spiro atoms. The molecule has 2 rings (SSSR count). The molecule has 0 saturated carbocycles. The lowest BCUT2D eigenvalue weighted by atomic mass is 9.96. The number of aliphatic hydroxyl groups excluding tert-OH is 1. The Balaban J connectivity index is 2.46. The molecule has 2 unspecified atom stereocenters. The highest BCUT2D eigenvalue weighted by Gasteiger charge is 2.22. The van der Waals surface area contributed by atoms with Crippen molar-refractivity contribution < 1.29 is 5.11 Å². The Hall–Kier alpha value is -1.42. The predicted molar refractivity (Wildman–Crippen MR) is 80.2 cm³/mol. The maximum Gasteiger partial charge on any atom is 0.0858 e. The average Bonchev–Trinajstić information content (AvgIpc) is 2.38. The Bertz CT molecular complexity index is 566. The number of likely N-dealkylation sites (N-methyl/N-ethyl adjacent to an activating group) is 1. The van der Waals surface area contributed by atoms with Gasteiger partial charge in [-0.2, -0.15) is 0 Å². The highest BCUT2D eigenvalue weighted by molar-refractivity contribution is 5.83. The van der Waals surface area contributed by atoms with Gasteiger partial charge in [-0.15, -0.1) is 0 Å². The minimum absolute atomic E-state index is 0.0734. The van der Waals surface area contributed by atoms with Gasteiger partial charge >= 0.3 is 0 Å². The third-order valence-electron chi connectivity index (χ3n) is 3.52. The smallest absolute Gasteiger partial charge is 0.0858 e. The SMILES string of the molecule is Cc1ccc2cc(C(C(O)CN)N(C)C)ccc2c1. The molecule has 0 aliphatic rings. The van der Waals surface area contributed by atoms with Gasteiger partial charge in [0, 0.05) is 6.54 Å². The van der Waals surface area contributed by atoms with E-state index in [0.29, 0.717) is 0 Å². The zero-order chi connectivity index (χ0) is 14.0. The molecule has 0 fully saturated rings. The molecule has 2 atom stereocenters. The van der Waals surface area contributed by atoms with Crippen LogP contribution >= 0.6 is 0 Å². The summed E-state index contributed by atoms with van der Waals surface area (Å²) in [5.41, 5.74) is 7.96. The van der Waals surface area contributed by atoms with Crippen LogP contribution in [0.25, 0.3) is 10.8 Å². The van der Waals surface area contributed by atoms with Gasteiger partial charge in [0.15, 0.2) is 0 Å². The summed E-state index contributed by atoms with van der Waals surface area (Å²) in [5.74, 6) is 0. The fraction of sp³-hybridized carbons (Fsp3) is 0.375. The predicted octanol–water partition coefficient (Wildman–Crippen LogP) is 2.07. The summed E-state index contributed by atoms with van der Waals surface area (Å²) in [6.07, 6.45) is -0.558. The zero-order valence-corrected chi connectivity index (χ0v) is 11.8. The average molecular weight is 258 g/mol. The number of aryl methyl sites for hydroxylation is 1. The standard InChI is InChI=1S/C16H22N2O/c1-11-4-5-13-9-14(7-6-12(13)8-11)16(18(2)3)15(19)10-17/h4-9,15-16,19H,10,17H2,1-3H3. The molecular weight excluding hydrogens is 236 g/mol. The third kappa shape index (κ3) is 2.95. The molecule has 0 radical (unpaired) electrons. The number of nitrogens with zero attached hydrogens (tertiary/aromatic N) is 1. The fourth-order valence-electron chi connectivity index (χ4n) is 2.56. The molecule has 102 valence electrons. The topological polar surface area (TPSA) is 49.5 Å². The van der Waals surface area contributed by atoms with Crippen molar-refractivity contribution in [2.75, 3.05) is 20.6 Å². The number of hydrogen-bond donors (Lipinski definition) is 2. The molecule has 3 nitrogen and oxygen atoms in total. The second-order valence-electron chi connectivity index (χ2n) is 5.32. The van der Waals surface area contributed by atoms with E-state index in [-0.39, 0.29) is 12.6 Å². The highest BCUT2D eigenvalue weighted by Crippen LogP contribution is 2.26. The van der Waals surface area contributed by atoms with Gasteiger partial charge in [-0.3, -0.25) is 0 Å². The Morgan fingerprint density at radius 3 is 2.37 bits per heavy atom. The summed E-state index contributed by atoms with van der Waals surface area (Å²) >= 11 is 0. The summed E-state index contributed by atoms with van der Waals surface area (Å²) in [7, 11) is 3.92. The van der Waals surface area contributed by atoms with Crippen LogP contribution in [-0.2, 0) is 0 Å². The van der Waals surface area contributed by atoms with E-state index in [9.17, 15) is 5.11 Å². The largest absolute Gasteiger partial charge is 0.390 e. The van der Waals surface area contributed by atoms with Gasteiger partial charge < -0.3 is 15.7 Å². The number of fused-ring (bicyclic) bond motifs is 1. The van der Waals surface area contributed by atoms with Gasteiger partial charge in [0.2, 0.25) is 0 Å². The first kappa shape index (κ1) is 14.0. The van der Waals surface area contributed by atoms with E-state index in [0.717, 1.165) is 5.56 Å². The monoisotopic (exact) mass is 258 g/mol. The molecule has 19 heavy (non-hydrogen) atoms. The minimum Gasteiger partial charge on any atom is -0.390 e. The van der Waals surface area contributed by atoms with Crippen LogP contribution in [0.2, 0.25) is 0 Å². The number of aliphatic hydroxyl groups is 1. The zero-order valence-electron chi connectivity index (χ0n) is 11.8. The molecule has 0 aliphatic carbocycles. The summed E-state index contributed by atoms with van der Waals surface area (Å²) in [5, 5.41) is 12.5. The van der Waals surface area contributed by atoms with Gasteiger partial charge in [0.1, 0.15) is 0 Å². The number of nitrogens with two attached hydrogens (primary N) is 1. The van der Waals surface area contributed by atoms with E-state index in [1.165, 1.54) is 16.3 Å². The lowest BCUT2D eigenvalue weighted by Crippen LogP contribution is -2.36. The van der Waals surface area contributed by atoms with Crippen molar-refractivity contribution in [2.45, 2.75) is 19.1 Å². The van der Waals surface area contributed by atoms with E-state index >= 15 is 0 Å². The Labute approximate surface area is 114 Å². The van der Waals surface area contributed by atoms with Crippen LogP contribution < -0.4 is 5.73 Å². The van der Waals surface area contributed by atoms with Crippen molar-refractivity contribution in [1.82, 2.24) is 4.90 Å². The molecular formula is C16H22N2O. The maximum absolute atomic E-state index is 10.1. The van der Waals surface area contributed by atoms with E-state index in [1.807, 2.05) is 19.0 Å². The van der Waals surface area contributed by atoms with Crippen LogP contribution in [0.4, 0.5) is 0 Å². The van der Waals surface area contributed by atoms with Crippen LogP contribution in [0.3, 0.4) is 0 Å². The third-order valence-corrected chi connectivity index (χ3v) is 3.52. The first-order chi connectivity index (χ1) is 9.02. The molecule has 0 aromatic heterocycles. The first-order valence-electron chi connectivity index (χ1n) is 6.58. The van der Waals surface area contributed by atoms with Crippen LogP contribution in [0.15, 0.2) is 36.4 Å². The molecule has 3 heteroatoms. The van der Waals surface area contributed by atoms with Crippen molar-refractivity contribution in [1.29, 1.82) is 0 Å². The molecule has 0 bridgehead atoms.